The molecule has 0 saturated heterocycles. The van der Waals surface area contributed by atoms with Gasteiger partial charge in [-0.3, -0.25) is 0 Å². The Kier molecular flexibility index (Phi) is 2.21. The molecule has 5 heteroatoms. The van der Waals surface area contributed by atoms with Gasteiger partial charge < -0.3 is 9.52 Å². The normalized spacial score (nSPS) is 10.5. The highest BCUT2D eigenvalue weighted by molar-refractivity contribution is 6.31. The highest BCUT2D eigenvalue weighted by Gasteiger charge is 2.10. The summed E-state index contributed by atoms with van der Waals surface area (Å²) in [6.07, 6.45) is 0. The van der Waals surface area contributed by atoms with Gasteiger partial charge in [-0.05, 0) is 29.7 Å². The maximum atomic E-state index is 11.3. The molecule has 76 valence electrons. The van der Waals surface area contributed by atoms with E-state index >= 15 is 0 Å². The molecule has 4 nitrogen and oxygen atoms in total. The van der Waals surface area contributed by atoms with Crippen molar-refractivity contribution in [3.05, 3.63) is 45.5 Å². The Hall–Kier alpha value is -1.81. The van der Waals surface area contributed by atoms with E-state index in [0.717, 1.165) is 0 Å². The van der Waals surface area contributed by atoms with Crippen molar-refractivity contribution < 1.29 is 14.3 Å². The molecule has 15 heavy (non-hydrogen) atoms. The smallest absolute Gasteiger partial charge is 0.371 e. The van der Waals surface area contributed by atoms with E-state index in [4.69, 9.17) is 16.7 Å². The minimum atomic E-state index is -1.28. The van der Waals surface area contributed by atoms with Gasteiger partial charge in [0.15, 0.2) is 0 Å². The van der Waals surface area contributed by atoms with E-state index in [1.165, 1.54) is 18.2 Å². The molecule has 2 rings (SSSR count). The maximum absolute atomic E-state index is 11.3. The lowest BCUT2D eigenvalue weighted by molar-refractivity contribution is 0.0658. The standard InChI is InChI=1S/C10H5ClO4/c11-6-1-2-7-5(3-6)4-8(9(12)13)15-10(7)14/h1-4H,(H,12,13). The average Bonchev–Trinajstić information content (AvgIpc) is 2.16. The van der Waals surface area contributed by atoms with Crippen LogP contribution in [0.3, 0.4) is 0 Å². The van der Waals surface area contributed by atoms with E-state index in [2.05, 4.69) is 4.42 Å². The second kappa shape index (κ2) is 3.40. The Morgan fingerprint density at radius 3 is 2.73 bits per heavy atom. The van der Waals surface area contributed by atoms with E-state index < -0.39 is 17.4 Å². The number of benzene rings is 1. The van der Waals surface area contributed by atoms with Gasteiger partial charge in [0.2, 0.25) is 5.76 Å². The molecule has 0 saturated carbocycles. The first-order valence-corrected chi connectivity index (χ1v) is 4.42. The van der Waals surface area contributed by atoms with Crippen molar-refractivity contribution >= 4 is 28.3 Å². The lowest BCUT2D eigenvalue weighted by Crippen LogP contribution is -2.06. The molecule has 1 aromatic heterocycles. The lowest BCUT2D eigenvalue weighted by atomic mass is 10.2. The topological polar surface area (TPSA) is 67.5 Å². The molecular weight excluding hydrogens is 220 g/mol. The van der Waals surface area contributed by atoms with Crippen molar-refractivity contribution in [2.24, 2.45) is 0 Å². The number of hydrogen-bond donors (Lipinski definition) is 1. The maximum Gasteiger partial charge on any atom is 0.371 e. The number of halogens is 1. The molecule has 0 atom stereocenters. The first-order chi connectivity index (χ1) is 7.08. The predicted molar refractivity (Wildman–Crippen MR) is 54.5 cm³/mol. The molecule has 0 unspecified atom stereocenters. The van der Waals surface area contributed by atoms with E-state index in [9.17, 15) is 9.59 Å². The number of rotatable bonds is 1. The third-order valence-corrected chi connectivity index (χ3v) is 2.17. The third-order valence-electron chi connectivity index (χ3n) is 1.93. The van der Waals surface area contributed by atoms with Crippen molar-refractivity contribution in [3.8, 4) is 0 Å². The van der Waals surface area contributed by atoms with Crippen LogP contribution >= 0.6 is 11.6 Å². The minimum Gasteiger partial charge on any atom is -0.475 e. The van der Waals surface area contributed by atoms with Crippen molar-refractivity contribution in [1.82, 2.24) is 0 Å². The fourth-order valence-corrected chi connectivity index (χ4v) is 1.45. The molecule has 1 aromatic carbocycles. The van der Waals surface area contributed by atoms with E-state index in [1.54, 1.807) is 6.07 Å². The highest BCUT2D eigenvalue weighted by atomic mass is 35.5. The largest absolute Gasteiger partial charge is 0.475 e. The molecule has 0 aliphatic carbocycles. The monoisotopic (exact) mass is 224 g/mol. The van der Waals surface area contributed by atoms with Crippen LogP contribution in [0.5, 0.6) is 0 Å². The summed E-state index contributed by atoms with van der Waals surface area (Å²) in [5, 5.41) is 9.87. The predicted octanol–water partition coefficient (Wildman–Crippen LogP) is 2.14. The van der Waals surface area contributed by atoms with Gasteiger partial charge in [-0.15, -0.1) is 0 Å². The van der Waals surface area contributed by atoms with E-state index in [1.807, 2.05) is 0 Å². The number of carboxylic acid groups (broad SMARTS) is 1. The fraction of sp³-hybridized carbons (Fsp3) is 0. The Morgan fingerprint density at radius 1 is 1.33 bits per heavy atom. The van der Waals surface area contributed by atoms with Crippen molar-refractivity contribution in [2.45, 2.75) is 0 Å². The fourth-order valence-electron chi connectivity index (χ4n) is 1.27. The molecule has 0 amide bonds. The van der Waals surface area contributed by atoms with Gasteiger partial charge in [0.05, 0.1) is 5.39 Å². The SMILES string of the molecule is O=C(O)c1cc2cc(Cl)ccc2c(=O)o1. The molecule has 0 fully saturated rings. The summed E-state index contributed by atoms with van der Waals surface area (Å²) in [4.78, 5) is 22.0. The quantitative estimate of drug-likeness (QED) is 0.806. The lowest BCUT2D eigenvalue weighted by Gasteiger charge is -1.98. The summed E-state index contributed by atoms with van der Waals surface area (Å²) in [7, 11) is 0. The first-order valence-electron chi connectivity index (χ1n) is 4.04. The van der Waals surface area contributed by atoms with Crippen LogP contribution in [-0.4, -0.2) is 11.1 Å². The number of aromatic carboxylic acids is 1. The molecule has 1 N–H and O–H groups in total. The van der Waals surface area contributed by atoms with Crippen LogP contribution in [0.2, 0.25) is 5.02 Å². The Morgan fingerprint density at radius 2 is 2.07 bits per heavy atom. The number of carbonyl (C=O) groups is 1. The Balaban J connectivity index is 2.85. The molecule has 0 aliphatic heterocycles. The number of hydrogen-bond acceptors (Lipinski definition) is 3. The molecular formula is C10H5ClO4. The summed E-state index contributed by atoms with van der Waals surface area (Å²) in [6.45, 7) is 0. The summed E-state index contributed by atoms with van der Waals surface area (Å²) < 4.78 is 4.59. The highest BCUT2D eigenvalue weighted by Crippen LogP contribution is 2.17. The second-order valence-corrected chi connectivity index (χ2v) is 3.37. The molecule has 2 aromatic rings. The van der Waals surface area contributed by atoms with Gasteiger partial charge in [0.25, 0.3) is 0 Å². The van der Waals surface area contributed by atoms with Gasteiger partial charge in [0.1, 0.15) is 0 Å². The summed E-state index contributed by atoms with van der Waals surface area (Å²) in [6, 6.07) is 5.82. The van der Waals surface area contributed by atoms with E-state index in [0.29, 0.717) is 15.8 Å². The number of fused-ring (bicyclic) bond motifs is 1. The molecule has 1 heterocycles. The van der Waals surface area contributed by atoms with Gasteiger partial charge in [0, 0.05) is 5.02 Å². The van der Waals surface area contributed by atoms with Gasteiger partial charge in [-0.1, -0.05) is 11.6 Å². The third kappa shape index (κ3) is 1.71. The van der Waals surface area contributed by atoms with Crippen LogP contribution in [0.1, 0.15) is 10.6 Å². The van der Waals surface area contributed by atoms with Gasteiger partial charge in [-0.25, -0.2) is 9.59 Å². The summed E-state index contributed by atoms with van der Waals surface area (Å²) in [5.41, 5.74) is -0.679. The average molecular weight is 225 g/mol. The Labute approximate surface area is 88.7 Å². The van der Waals surface area contributed by atoms with Crippen LogP contribution < -0.4 is 5.63 Å². The summed E-state index contributed by atoms with van der Waals surface area (Å²) in [5.74, 6) is -1.68. The van der Waals surface area contributed by atoms with E-state index in [-0.39, 0.29) is 0 Å². The van der Waals surface area contributed by atoms with Crippen LogP contribution in [0.15, 0.2) is 33.5 Å². The van der Waals surface area contributed by atoms with Crippen LogP contribution in [-0.2, 0) is 0 Å². The zero-order valence-electron chi connectivity index (χ0n) is 7.36. The van der Waals surface area contributed by atoms with Gasteiger partial charge >= 0.3 is 11.6 Å². The molecule has 0 bridgehead atoms. The zero-order valence-corrected chi connectivity index (χ0v) is 8.12. The number of carboxylic acids is 1. The molecule has 0 aliphatic rings. The van der Waals surface area contributed by atoms with Crippen molar-refractivity contribution in [3.63, 3.8) is 0 Å². The minimum absolute atomic E-state index is 0.310. The van der Waals surface area contributed by atoms with Crippen LogP contribution in [0.25, 0.3) is 10.8 Å². The van der Waals surface area contributed by atoms with Gasteiger partial charge in [-0.2, -0.15) is 0 Å². The first kappa shape index (κ1) is 9.73. The molecule has 0 spiro atoms. The van der Waals surface area contributed by atoms with Crippen molar-refractivity contribution in [1.29, 1.82) is 0 Å². The van der Waals surface area contributed by atoms with Crippen LogP contribution in [0, 0.1) is 0 Å². The van der Waals surface area contributed by atoms with Crippen molar-refractivity contribution in [2.75, 3.05) is 0 Å². The zero-order chi connectivity index (χ0) is 11.0. The second-order valence-electron chi connectivity index (χ2n) is 2.93. The summed E-state index contributed by atoms with van der Waals surface area (Å²) >= 11 is 5.72. The van der Waals surface area contributed by atoms with Crippen LogP contribution in [0.4, 0.5) is 0 Å². The Bertz CT molecular complexity index is 600. The molecule has 0 radical (unpaired) electrons.